The van der Waals surface area contributed by atoms with E-state index in [1.165, 1.54) is 30.5 Å². The highest BCUT2D eigenvalue weighted by molar-refractivity contribution is 6.02. The van der Waals surface area contributed by atoms with Gasteiger partial charge in [0.1, 0.15) is 5.82 Å². The summed E-state index contributed by atoms with van der Waals surface area (Å²) in [5.74, 6) is -0.827. The number of anilines is 1. The van der Waals surface area contributed by atoms with Crippen LogP contribution in [0.25, 0.3) is 10.9 Å². The third-order valence-electron chi connectivity index (χ3n) is 6.05. The Labute approximate surface area is 192 Å². The molecule has 2 N–H and O–H groups in total. The molecule has 34 heavy (non-hydrogen) atoms. The number of aromatic amines is 1. The number of rotatable bonds is 4. The van der Waals surface area contributed by atoms with Crippen molar-refractivity contribution in [2.75, 3.05) is 18.0 Å². The molecular weight excluding hydrogens is 448 g/mol. The number of nitrogens with zero attached hydrogens (tertiary/aromatic N) is 3. The number of nitrogens with one attached hydrogen (secondary N) is 1. The van der Waals surface area contributed by atoms with Crippen LogP contribution in [0.2, 0.25) is 0 Å². The number of halogens is 4. The molecular formula is C25H20F4N4O. The van der Waals surface area contributed by atoms with Crippen LogP contribution >= 0.6 is 0 Å². The van der Waals surface area contributed by atoms with Gasteiger partial charge in [0.05, 0.1) is 22.3 Å². The topological polar surface area (TPSA) is 64.5 Å². The van der Waals surface area contributed by atoms with Crippen molar-refractivity contribution in [1.82, 2.24) is 9.97 Å². The third kappa shape index (κ3) is 4.09. The molecule has 1 atom stereocenters. The van der Waals surface area contributed by atoms with Crippen molar-refractivity contribution < 1.29 is 22.7 Å². The van der Waals surface area contributed by atoms with Gasteiger partial charge >= 0.3 is 6.18 Å². The predicted octanol–water partition coefficient (Wildman–Crippen LogP) is 6.17. The lowest BCUT2D eigenvalue weighted by atomic mass is 10.0. The lowest BCUT2D eigenvalue weighted by Gasteiger charge is -2.23. The maximum Gasteiger partial charge on any atom is 0.418 e. The zero-order valence-electron chi connectivity index (χ0n) is 17.9. The second-order valence-corrected chi connectivity index (χ2v) is 8.19. The molecule has 1 unspecified atom stereocenters. The lowest BCUT2D eigenvalue weighted by molar-refractivity contribution is -0.137. The van der Waals surface area contributed by atoms with E-state index < -0.39 is 17.6 Å². The van der Waals surface area contributed by atoms with E-state index in [9.17, 15) is 22.7 Å². The van der Waals surface area contributed by atoms with Gasteiger partial charge in [-0.3, -0.25) is 9.98 Å². The monoisotopic (exact) mass is 468 g/mol. The minimum atomic E-state index is -4.58. The summed E-state index contributed by atoms with van der Waals surface area (Å²) in [6.45, 7) is 0.917. The summed E-state index contributed by atoms with van der Waals surface area (Å²) >= 11 is 0. The fraction of sp³-hybridized carbons (Fsp3) is 0.200. The molecule has 5 nitrogen and oxygen atoms in total. The minimum Gasteiger partial charge on any atom is -0.494 e. The first-order valence-corrected chi connectivity index (χ1v) is 10.7. The molecule has 1 saturated heterocycles. The number of fused-ring (bicyclic) bond motifs is 1. The van der Waals surface area contributed by atoms with Gasteiger partial charge in [-0.05, 0) is 48.9 Å². The van der Waals surface area contributed by atoms with Crippen LogP contribution in [0.1, 0.15) is 29.2 Å². The van der Waals surface area contributed by atoms with Crippen molar-refractivity contribution in [3.8, 4) is 5.88 Å². The Hall–Kier alpha value is -3.88. The number of H-pyrrole nitrogens is 1. The smallest absolute Gasteiger partial charge is 0.418 e. The first kappa shape index (κ1) is 21.9. The van der Waals surface area contributed by atoms with E-state index in [2.05, 4.69) is 15.0 Å². The molecule has 0 spiro atoms. The average molecular weight is 468 g/mol. The normalized spacial score (nSPS) is 16.7. The molecule has 174 valence electrons. The Bertz CT molecular complexity index is 1360. The van der Waals surface area contributed by atoms with Crippen LogP contribution in [-0.4, -0.2) is 34.4 Å². The van der Waals surface area contributed by atoms with Crippen LogP contribution in [0.3, 0.4) is 0 Å². The first-order valence-electron chi connectivity index (χ1n) is 10.7. The molecule has 0 saturated carbocycles. The first-order chi connectivity index (χ1) is 16.3. The van der Waals surface area contributed by atoms with Crippen LogP contribution in [0.5, 0.6) is 5.88 Å². The van der Waals surface area contributed by atoms with E-state index in [1.807, 2.05) is 18.2 Å². The van der Waals surface area contributed by atoms with Gasteiger partial charge in [0.2, 0.25) is 0 Å². The number of pyridine rings is 1. The minimum absolute atomic E-state index is 0.0432. The van der Waals surface area contributed by atoms with Crippen LogP contribution in [0.15, 0.2) is 65.8 Å². The molecule has 0 bridgehead atoms. The summed E-state index contributed by atoms with van der Waals surface area (Å²) in [5.41, 5.74) is 0.640. The molecule has 9 heteroatoms. The zero-order valence-corrected chi connectivity index (χ0v) is 17.9. The van der Waals surface area contributed by atoms with Crippen LogP contribution in [0, 0.1) is 5.82 Å². The summed E-state index contributed by atoms with van der Waals surface area (Å²) in [7, 11) is 0. The van der Waals surface area contributed by atoms with Crippen molar-refractivity contribution in [1.29, 1.82) is 0 Å². The van der Waals surface area contributed by atoms with Gasteiger partial charge in [-0.25, -0.2) is 4.39 Å². The fourth-order valence-corrected chi connectivity index (χ4v) is 4.43. The Morgan fingerprint density at radius 3 is 2.74 bits per heavy atom. The van der Waals surface area contributed by atoms with Crippen LogP contribution < -0.4 is 4.90 Å². The molecule has 1 aliphatic heterocycles. The highest BCUT2D eigenvalue weighted by Gasteiger charge is 2.37. The maximum absolute atomic E-state index is 14.2. The molecule has 3 heterocycles. The van der Waals surface area contributed by atoms with Gasteiger partial charge in [-0.2, -0.15) is 13.2 Å². The van der Waals surface area contributed by atoms with Crippen LogP contribution in [0.4, 0.5) is 28.9 Å². The Morgan fingerprint density at radius 1 is 1.12 bits per heavy atom. The molecule has 2 aromatic carbocycles. The highest BCUT2D eigenvalue weighted by atomic mass is 19.4. The van der Waals surface area contributed by atoms with E-state index in [-0.39, 0.29) is 34.1 Å². The van der Waals surface area contributed by atoms with Gasteiger partial charge in [-0.1, -0.05) is 12.1 Å². The summed E-state index contributed by atoms with van der Waals surface area (Å²) < 4.78 is 56.1. The quantitative estimate of drug-likeness (QED) is 0.278. The Balaban J connectivity index is 1.46. The van der Waals surface area contributed by atoms with E-state index in [4.69, 9.17) is 0 Å². The van der Waals surface area contributed by atoms with Crippen molar-refractivity contribution in [2.45, 2.75) is 18.5 Å². The summed E-state index contributed by atoms with van der Waals surface area (Å²) in [6.07, 6.45) is -1.03. The standard InChI is InChI=1S/C25H20F4N4O/c26-19-4-3-6-21-23(19)17(24(34)32-21)13-31-16-7-8-22(18(12-16)25(27,28)29)33-11-9-15(14-33)20-5-1-2-10-30-20/h1-8,10,12-13,15,32,34H,9,11,14H2. The number of aromatic nitrogens is 2. The second-order valence-electron chi connectivity index (χ2n) is 8.19. The van der Waals surface area contributed by atoms with Crippen molar-refractivity contribution >= 4 is 28.5 Å². The van der Waals surface area contributed by atoms with Crippen molar-refractivity contribution in [2.24, 2.45) is 4.99 Å². The van der Waals surface area contributed by atoms with E-state index >= 15 is 0 Å². The Morgan fingerprint density at radius 2 is 1.97 bits per heavy atom. The lowest BCUT2D eigenvalue weighted by Crippen LogP contribution is -2.23. The molecule has 1 fully saturated rings. The SMILES string of the molecule is Oc1[nH]c2cccc(F)c2c1C=Nc1ccc(N2CCC(c3ccccn3)C2)c(C(F)(F)F)c1. The second kappa shape index (κ2) is 8.48. The third-order valence-corrected chi connectivity index (χ3v) is 6.05. The number of aliphatic imine (C=N–C) groups is 1. The largest absolute Gasteiger partial charge is 0.494 e. The van der Waals surface area contributed by atoms with E-state index in [1.54, 1.807) is 17.2 Å². The van der Waals surface area contributed by atoms with Gasteiger partial charge < -0.3 is 15.0 Å². The van der Waals surface area contributed by atoms with Crippen LogP contribution in [-0.2, 0) is 6.18 Å². The molecule has 2 aromatic heterocycles. The maximum atomic E-state index is 14.2. The van der Waals surface area contributed by atoms with Gasteiger partial charge in [0.25, 0.3) is 0 Å². The van der Waals surface area contributed by atoms with Gasteiger partial charge in [0.15, 0.2) is 5.88 Å². The average Bonchev–Trinajstić information content (AvgIpc) is 3.43. The highest BCUT2D eigenvalue weighted by Crippen LogP contribution is 2.41. The number of hydrogen-bond acceptors (Lipinski definition) is 4. The van der Waals surface area contributed by atoms with Gasteiger partial charge in [0, 0.05) is 48.2 Å². The zero-order chi connectivity index (χ0) is 23.9. The molecule has 4 aromatic rings. The fourth-order valence-electron chi connectivity index (χ4n) is 4.43. The molecule has 5 rings (SSSR count). The molecule has 0 radical (unpaired) electrons. The van der Waals surface area contributed by atoms with Gasteiger partial charge in [-0.15, -0.1) is 0 Å². The summed E-state index contributed by atoms with van der Waals surface area (Å²) in [4.78, 5) is 12.8. The molecule has 1 aliphatic rings. The predicted molar refractivity (Wildman–Crippen MR) is 122 cm³/mol. The summed E-state index contributed by atoms with van der Waals surface area (Å²) in [6, 6.07) is 13.7. The number of alkyl halides is 3. The number of benzene rings is 2. The number of aromatic hydroxyl groups is 1. The molecule has 0 amide bonds. The van der Waals surface area contributed by atoms with Crippen molar-refractivity contribution in [3.63, 3.8) is 0 Å². The van der Waals surface area contributed by atoms with E-state index in [0.29, 0.717) is 25.0 Å². The van der Waals surface area contributed by atoms with E-state index in [0.717, 1.165) is 11.8 Å². The Kier molecular flexibility index (Phi) is 5.47. The summed E-state index contributed by atoms with van der Waals surface area (Å²) in [5, 5.41) is 10.2. The van der Waals surface area contributed by atoms with Crippen molar-refractivity contribution in [3.05, 3.63) is 83.4 Å². The molecule has 0 aliphatic carbocycles. The number of hydrogen-bond donors (Lipinski definition) is 2.